The van der Waals surface area contributed by atoms with Crippen LogP contribution in [0.1, 0.15) is 24.5 Å². The van der Waals surface area contributed by atoms with Crippen molar-refractivity contribution >= 4 is 34.1 Å². The highest BCUT2D eigenvalue weighted by Crippen LogP contribution is 2.39. The number of H-pyrrole nitrogens is 1. The lowest BCUT2D eigenvalue weighted by molar-refractivity contribution is 1.04. The number of pyridine rings is 1. The van der Waals surface area contributed by atoms with Crippen LogP contribution in [0.25, 0.3) is 10.9 Å². The van der Waals surface area contributed by atoms with E-state index < -0.39 is 0 Å². The second-order valence-electron chi connectivity index (χ2n) is 4.17. The minimum atomic E-state index is -0.0303. The highest BCUT2D eigenvalue weighted by Gasteiger charge is 2.25. The van der Waals surface area contributed by atoms with Crippen molar-refractivity contribution < 1.29 is 0 Å². The number of rotatable bonds is 1. The number of halogens is 2. The van der Waals surface area contributed by atoms with Crippen molar-refractivity contribution in [3.63, 3.8) is 0 Å². The van der Waals surface area contributed by atoms with Gasteiger partial charge in [-0.3, -0.25) is 4.79 Å². The minimum absolute atomic E-state index is 0.0303. The molecule has 0 bridgehead atoms. The number of benzene rings is 1. The van der Waals surface area contributed by atoms with Gasteiger partial charge in [-0.15, -0.1) is 0 Å². The Balaban J connectivity index is 2.37. The van der Waals surface area contributed by atoms with Gasteiger partial charge in [-0.25, -0.2) is 0 Å². The molecule has 0 atom stereocenters. The zero-order valence-corrected chi connectivity index (χ0v) is 9.90. The van der Waals surface area contributed by atoms with Crippen LogP contribution in [0.3, 0.4) is 0 Å². The summed E-state index contributed by atoms with van der Waals surface area (Å²) >= 11 is 11.9. The molecule has 0 amide bonds. The Morgan fingerprint density at radius 3 is 2.62 bits per heavy atom. The Morgan fingerprint density at radius 2 is 1.94 bits per heavy atom. The molecule has 1 fully saturated rings. The van der Waals surface area contributed by atoms with E-state index in [-0.39, 0.29) is 5.43 Å². The van der Waals surface area contributed by atoms with E-state index >= 15 is 0 Å². The second-order valence-corrected chi connectivity index (χ2v) is 5.02. The number of hydrogen-bond donors (Lipinski definition) is 1. The monoisotopic (exact) mass is 253 g/mol. The molecule has 3 rings (SSSR count). The molecule has 1 aliphatic carbocycles. The van der Waals surface area contributed by atoms with Gasteiger partial charge in [0, 0.05) is 16.8 Å². The number of aromatic amines is 1. The molecule has 82 valence electrons. The van der Waals surface area contributed by atoms with Crippen LogP contribution in [-0.4, -0.2) is 4.98 Å². The molecular weight excluding hydrogens is 245 g/mol. The first-order chi connectivity index (χ1) is 7.65. The molecule has 4 heteroatoms. The standard InChI is InChI=1S/C12H9Cl2NO/c13-7-3-8(14)12-10(4-7)15-9(5-11(12)16)6-1-2-6/h3-6H,1-2H2,(H,15,16). The molecule has 1 heterocycles. The minimum Gasteiger partial charge on any atom is -0.358 e. The van der Waals surface area contributed by atoms with Crippen molar-refractivity contribution in [2.75, 3.05) is 0 Å². The zero-order valence-electron chi connectivity index (χ0n) is 8.39. The summed E-state index contributed by atoms with van der Waals surface area (Å²) in [5.74, 6) is 0.509. The Kier molecular flexibility index (Phi) is 2.23. The van der Waals surface area contributed by atoms with Crippen molar-refractivity contribution in [3.05, 3.63) is 44.2 Å². The van der Waals surface area contributed by atoms with E-state index in [1.807, 2.05) is 0 Å². The first kappa shape index (κ1) is 10.2. The topological polar surface area (TPSA) is 32.9 Å². The molecule has 1 aliphatic rings. The maximum atomic E-state index is 11.9. The summed E-state index contributed by atoms with van der Waals surface area (Å²) < 4.78 is 0. The van der Waals surface area contributed by atoms with E-state index in [9.17, 15) is 4.79 Å². The lowest BCUT2D eigenvalue weighted by Crippen LogP contribution is -2.05. The third-order valence-corrected chi connectivity index (χ3v) is 3.40. The van der Waals surface area contributed by atoms with E-state index in [1.54, 1.807) is 18.2 Å². The lowest BCUT2D eigenvalue weighted by Gasteiger charge is -2.04. The Hall–Kier alpha value is -0.990. The Labute approximate surface area is 102 Å². The average molecular weight is 254 g/mol. The Bertz CT molecular complexity index is 629. The first-order valence-electron chi connectivity index (χ1n) is 5.17. The van der Waals surface area contributed by atoms with Crippen LogP contribution in [0.2, 0.25) is 10.0 Å². The van der Waals surface area contributed by atoms with Gasteiger partial charge in [0.1, 0.15) is 0 Å². The highest BCUT2D eigenvalue weighted by molar-refractivity contribution is 6.38. The maximum Gasteiger partial charge on any atom is 0.191 e. The van der Waals surface area contributed by atoms with Gasteiger partial charge in [0.15, 0.2) is 5.43 Å². The molecule has 1 aromatic carbocycles. The van der Waals surface area contributed by atoms with Crippen LogP contribution in [0.15, 0.2) is 23.0 Å². The largest absolute Gasteiger partial charge is 0.358 e. The van der Waals surface area contributed by atoms with Crippen LogP contribution in [0, 0.1) is 0 Å². The summed E-state index contributed by atoms with van der Waals surface area (Å²) in [6.45, 7) is 0. The molecule has 1 N–H and O–H groups in total. The molecule has 2 aromatic rings. The van der Waals surface area contributed by atoms with Crippen LogP contribution in [-0.2, 0) is 0 Å². The molecule has 1 saturated carbocycles. The van der Waals surface area contributed by atoms with Gasteiger partial charge in [-0.2, -0.15) is 0 Å². The van der Waals surface area contributed by atoms with Gasteiger partial charge in [0.2, 0.25) is 0 Å². The van der Waals surface area contributed by atoms with Crippen molar-refractivity contribution in [3.8, 4) is 0 Å². The Morgan fingerprint density at radius 1 is 1.19 bits per heavy atom. The molecule has 16 heavy (non-hydrogen) atoms. The van der Waals surface area contributed by atoms with Crippen molar-refractivity contribution in [2.24, 2.45) is 0 Å². The van der Waals surface area contributed by atoms with Gasteiger partial charge in [0.25, 0.3) is 0 Å². The SMILES string of the molecule is O=c1cc(C2CC2)[nH]c2cc(Cl)cc(Cl)c12. The first-order valence-corrected chi connectivity index (χ1v) is 5.93. The molecule has 1 aromatic heterocycles. The molecule has 0 saturated heterocycles. The van der Waals surface area contributed by atoms with E-state index in [2.05, 4.69) is 4.98 Å². The van der Waals surface area contributed by atoms with Crippen LogP contribution in [0.5, 0.6) is 0 Å². The summed E-state index contributed by atoms with van der Waals surface area (Å²) in [5.41, 5.74) is 1.69. The second kappa shape index (κ2) is 3.51. The fraction of sp³-hybridized carbons (Fsp3) is 0.250. The molecule has 0 aliphatic heterocycles. The van der Waals surface area contributed by atoms with Crippen LogP contribution < -0.4 is 5.43 Å². The fourth-order valence-electron chi connectivity index (χ4n) is 1.94. The smallest absolute Gasteiger partial charge is 0.191 e. The fourth-order valence-corrected chi connectivity index (χ4v) is 2.53. The normalized spacial score (nSPS) is 15.6. The summed E-state index contributed by atoms with van der Waals surface area (Å²) in [7, 11) is 0. The number of nitrogens with one attached hydrogen (secondary N) is 1. The van der Waals surface area contributed by atoms with Gasteiger partial charge >= 0.3 is 0 Å². The maximum absolute atomic E-state index is 11.9. The molecule has 0 radical (unpaired) electrons. The predicted molar refractivity (Wildman–Crippen MR) is 66.6 cm³/mol. The van der Waals surface area contributed by atoms with Crippen molar-refractivity contribution in [1.82, 2.24) is 4.98 Å². The third-order valence-electron chi connectivity index (χ3n) is 2.88. The predicted octanol–water partition coefficient (Wildman–Crippen LogP) is 3.71. The van der Waals surface area contributed by atoms with Crippen LogP contribution >= 0.6 is 23.2 Å². The van der Waals surface area contributed by atoms with Crippen LogP contribution in [0.4, 0.5) is 0 Å². The highest BCUT2D eigenvalue weighted by atomic mass is 35.5. The molecule has 0 unspecified atom stereocenters. The number of hydrogen-bond acceptors (Lipinski definition) is 1. The summed E-state index contributed by atoms with van der Waals surface area (Å²) in [4.78, 5) is 15.2. The van der Waals surface area contributed by atoms with E-state index in [0.717, 1.165) is 24.1 Å². The van der Waals surface area contributed by atoms with E-state index in [0.29, 0.717) is 21.3 Å². The van der Waals surface area contributed by atoms with Gasteiger partial charge < -0.3 is 4.98 Å². The number of aromatic nitrogens is 1. The van der Waals surface area contributed by atoms with Gasteiger partial charge in [0.05, 0.1) is 15.9 Å². The lowest BCUT2D eigenvalue weighted by atomic mass is 10.1. The van der Waals surface area contributed by atoms with Gasteiger partial charge in [-0.1, -0.05) is 23.2 Å². The van der Waals surface area contributed by atoms with E-state index in [1.165, 1.54) is 0 Å². The van der Waals surface area contributed by atoms with Gasteiger partial charge in [-0.05, 0) is 30.9 Å². The zero-order chi connectivity index (χ0) is 11.3. The third kappa shape index (κ3) is 1.62. The van der Waals surface area contributed by atoms with Crippen molar-refractivity contribution in [1.29, 1.82) is 0 Å². The average Bonchev–Trinajstić information content (AvgIpc) is 2.97. The summed E-state index contributed by atoms with van der Waals surface area (Å²) in [6, 6.07) is 4.99. The molecule has 0 spiro atoms. The molecule has 2 nitrogen and oxygen atoms in total. The quantitative estimate of drug-likeness (QED) is 0.826. The summed E-state index contributed by atoms with van der Waals surface area (Å²) in [6.07, 6.45) is 2.30. The van der Waals surface area contributed by atoms with E-state index in [4.69, 9.17) is 23.2 Å². The summed E-state index contributed by atoms with van der Waals surface area (Å²) in [5, 5.41) is 1.47. The van der Waals surface area contributed by atoms with Crippen molar-refractivity contribution in [2.45, 2.75) is 18.8 Å². The number of fused-ring (bicyclic) bond motifs is 1. The molecular formula is C12H9Cl2NO.